The second-order valence-electron chi connectivity index (χ2n) is 8.07. The Morgan fingerprint density at radius 3 is 1.42 bits per heavy atom. The van der Waals surface area contributed by atoms with Crippen molar-refractivity contribution < 1.29 is 38.0 Å². The number of hydrogen-bond acceptors (Lipinski definition) is 8. The van der Waals surface area contributed by atoms with E-state index in [0.29, 0.717) is 85.2 Å². The van der Waals surface area contributed by atoms with E-state index in [-0.39, 0.29) is 11.9 Å². The molecule has 0 aliphatic heterocycles. The van der Waals surface area contributed by atoms with Gasteiger partial charge in [0.1, 0.15) is 6.61 Å². The van der Waals surface area contributed by atoms with Gasteiger partial charge in [-0.3, -0.25) is 4.79 Å². The van der Waals surface area contributed by atoms with Crippen LogP contribution in [0.2, 0.25) is 0 Å². The van der Waals surface area contributed by atoms with Crippen molar-refractivity contribution in [1.29, 1.82) is 0 Å². The molecule has 8 heteroatoms. The Balaban J connectivity index is 3.22. The quantitative estimate of drug-likeness (QED) is 0.137. The van der Waals surface area contributed by atoms with Gasteiger partial charge in [-0.1, -0.05) is 47.0 Å². The van der Waals surface area contributed by atoms with Crippen molar-refractivity contribution in [1.82, 2.24) is 0 Å². The standard InChI is InChI=1S/C25H50O8/c1-5-8-9-24(7-3)25(26)33-21-20-31-17-16-29-13-12-27-10-11-28-14-15-30-18-19-32-22-23(4)6-2/h23-24H,5-22H2,1-4H3. The molecular formula is C25H50O8. The van der Waals surface area contributed by atoms with Gasteiger partial charge in [0.15, 0.2) is 0 Å². The molecule has 0 aromatic heterocycles. The van der Waals surface area contributed by atoms with Crippen molar-refractivity contribution in [3.8, 4) is 0 Å². The van der Waals surface area contributed by atoms with Crippen LogP contribution in [-0.2, 0) is 38.0 Å². The van der Waals surface area contributed by atoms with Crippen LogP contribution in [0.15, 0.2) is 0 Å². The van der Waals surface area contributed by atoms with Crippen LogP contribution in [0, 0.1) is 11.8 Å². The zero-order valence-electron chi connectivity index (χ0n) is 21.6. The monoisotopic (exact) mass is 478 g/mol. The first kappa shape index (κ1) is 32.2. The van der Waals surface area contributed by atoms with E-state index >= 15 is 0 Å². The first-order chi connectivity index (χ1) is 16.2. The SMILES string of the molecule is CCCCC(CC)C(=O)OCCOCCOCCOCCOCCOCCOCC(C)CC. The molecule has 0 aromatic carbocycles. The molecule has 0 aliphatic rings. The molecule has 0 N–H and O–H groups in total. The van der Waals surface area contributed by atoms with Gasteiger partial charge in [-0.25, -0.2) is 0 Å². The topological polar surface area (TPSA) is 81.7 Å². The lowest BCUT2D eigenvalue weighted by Crippen LogP contribution is -2.20. The minimum Gasteiger partial charge on any atom is -0.463 e. The summed E-state index contributed by atoms with van der Waals surface area (Å²) in [5.41, 5.74) is 0. The van der Waals surface area contributed by atoms with Crippen LogP contribution in [0.5, 0.6) is 0 Å². The summed E-state index contributed by atoms with van der Waals surface area (Å²) in [7, 11) is 0. The van der Waals surface area contributed by atoms with Crippen molar-refractivity contribution in [2.24, 2.45) is 11.8 Å². The van der Waals surface area contributed by atoms with Crippen LogP contribution in [0.4, 0.5) is 0 Å². The zero-order valence-corrected chi connectivity index (χ0v) is 21.6. The van der Waals surface area contributed by atoms with Crippen LogP contribution in [-0.4, -0.2) is 91.9 Å². The summed E-state index contributed by atoms with van der Waals surface area (Å²) in [5, 5.41) is 0. The van der Waals surface area contributed by atoms with Crippen LogP contribution < -0.4 is 0 Å². The fourth-order valence-corrected chi connectivity index (χ4v) is 2.76. The summed E-state index contributed by atoms with van der Waals surface area (Å²) in [6, 6.07) is 0. The predicted molar refractivity (Wildman–Crippen MR) is 129 cm³/mol. The fraction of sp³-hybridized carbons (Fsp3) is 0.960. The van der Waals surface area contributed by atoms with E-state index in [9.17, 15) is 4.79 Å². The van der Waals surface area contributed by atoms with E-state index in [1.807, 2.05) is 6.92 Å². The van der Waals surface area contributed by atoms with E-state index in [2.05, 4.69) is 20.8 Å². The lowest BCUT2D eigenvalue weighted by Gasteiger charge is -2.13. The van der Waals surface area contributed by atoms with Gasteiger partial charge in [-0.2, -0.15) is 0 Å². The number of unbranched alkanes of at least 4 members (excludes halogenated alkanes) is 1. The molecule has 33 heavy (non-hydrogen) atoms. The molecule has 0 saturated heterocycles. The van der Waals surface area contributed by atoms with E-state index in [1.54, 1.807) is 0 Å². The molecule has 0 radical (unpaired) electrons. The van der Waals surface area contributed by atoms with Gasteiger partial charge >= 0.3 is 5.97 Å². The third-order valence-corrected chi connectivity index (χ3v) is 5.16. The smallest absolute Gasteiger partial charge is 0.308 e. The molecule has 0 saturated carbocycles. The van der Waals surface area contributed by atoms with Gasteiger partial charge in [0.25, 0.3) is 0 Å². The van der Waals surface area contributed by atoms with Gasteiger partial charge in [0.2, 0.25) is 0 Å². The fourth-order valence-electron chi connectivity index (χ4n) is 2.76. The number of esters is 1. The maximum atomic E-state index is 12.0. The maximum Gasteiger partial charge on any atom is 0.308 e. The molecule has 198 valence electrons. The van der Waals surface area contributed by atoms with E-state index < -0.39 is 0 Å². The van der Waals surface area contributed by atoms with Gasteiger partial charge < -0.3 is 33.2 Å². The van der Waals surface area contributed by atoms with E-state index in [1.165, 1.54) is 0 Å². The molecule has 0 rings (SSSR count). The van der Waals surface area contributed by atoms with Crippen LogP contribution in [0.1, 0.15) is 59.8 Å². The minimum atomic E-state index is -0.110. The Morgan fingerprint density at radius 1 is 0.606 bits per heavy atom. The second-order valence-corrected chi connectivity index (χ2v) is 8.07. The zero-order chi connectivity index (χ0) is 24.4. The van der Waals surface area contributed by atoms with E-state index in [4.69, 9.17) is 33.2 Å². The maximum absolute atomic E-state index is 12.0. The Hall–Kier alpha value is -0.770. The van der Waals surface area contributed by atoms with Crippen LogP contribution >= 0.6 is 0 Å². The molecule has 0 aromatic rings. The molecular weight excluding hydrogens is 428 g/mol. The molecule has 0 fully saturated rings. The third-order valence-electron chi connectivity index (χ3n) is 5.16. The Kier molecular flexibility index (Phi) is 25.2. The number of rotatable bonds is 26. The van der Waals surface area contributed by atoms with Crippen molar-refractivity contribution >= 4 is 5.97 Å². The number of carbonyl (C=O) groups excluding carboxylic acids is 1. The number of hydrogen-bond donors (Lipinski definition) is 0. The highest BCUT2D eigenvalue weighted by Crippen LogP contribution is 2.14. The third kappa shape index (κ3) is 22.8. The molecule has 0 spiro atoms. The average molecular weight is 479 g/mol. The molecule has 0 amide bonds. The summed E-state index contributed by atoms with van der Waals surface area (Å²) >= 11 is 0. The second kappa shape index (κ2) is 25.8. The average Bonchev–Trinajstić information content (AvgIpc) is 2.83. The molecule has 0 bridgehead atoms. The van der Waals surface area contributed by atoms with Crippen LogP contribution in [0.3, 0.4) is 0 Å². The molecule has 2 unspecified atom stereocenters. The highest BCUT2D eigenvalue weighted by molar-refractivity contribution is 5.72. The summed E-state index contributed by atoms with van der Waals surface area (Å²) in [6.45, 7) is 15.3. The molecule has 0 aliphatic carbocycles. The predicted octanol–water partition coefficient (Wildman–Crippen LogP) is 3.89. The molecule has 0 heterocycles. The number of carbonyl (C=O) groups is 1. The van der Waals surface area contributed by atoms with E-state index in [0.717, 1.165) is 38.7 Å². The molecule has 2 atom stereocenters. The lowest BCUT2D eigenvalue weighted by molar-refractivity contribution is -0.150. The highest BCUT2D eigenvalue weighted by atomic mass is 16.6. The highest BCUT2D eigenvalue weighted by Gasteiger charge is 2.16. The van der Waals surface area contributed by atoms with Gasteiger partial charge in [0, 0.05) is 6.61 Å². The van der Waals surface area contributed by atoms with Gasteiger partial charge in [-0.15, -0.1) is 0 Å². The molecule has 8 nitrogen and oxygen atoms in total. The van der Waals surface area contributed by atoms with Crippen molar-refractivity contribution in [2.75, 3.05) is 85.9 Å². The normalized spacial score (nSPS) is 13.2. The minimum absolute atomic E-state index is 0.0105. The van der Waals surface area contributed by atoms with Crippen molar-refractivity contribution in [3.05, 3.63) is 0 Å². The first-order valence-electron chi connectivity index (χ1n) is 12.8. The summed E-state index contributed by atoms with van der Waals surface area (Å²) in [5.74, 6) is 0.502. The summed E-state index contributed by atoms with van der Waals surface area (Å²) in [6.07, 6.45) is 5.01. The van der Waals surface area contributed by atoms with Crippen molar-refractivity contribution in [3.63, 3.8) is 0 Å². The summed E-state index contributed by atoms with van der Waals surface area (Å²) < 4.78 is 38.0. The van der Waals surface area contributed by atoms with Crippen LogP contribution in [0.25, 0.3) is 0 Å². The Bertz CT molecular complexity index is 408. The Morgan fingerprint density at radius 2 is 1.03 bits per heavy atom. The largest absolute Gasteiger partial charge is 0.463 e. The van der Waals surface area contributed by atoms with Crippen molar-refractivity contribution in [2.45, 2.75) is 59.8 Å². The number of ether oxygens (including phenoxy) is 7. The first-order valence-corrected chi connectivity index (χ1v) is 12.8. The van der Waals surface area contributed by atoms with Gasteiger partial charge in [0.05, 0.1) is 78.6 Å². The Labute approximate surface area is 201 Å². The van der Waals surface area contributed by atoms with Gasteiger partial charge in [-0.05, 0) is 18.8 Å². The lowest BCUT2D eigenvalue weighted by atomic mass is 10.00. The summed E-state index contributed by atoms with van der Waals surface area (Å²) in [4.78, 5) is 12.0.